The second-order valence-corrected chi connectivity index (χ2v) is 5.26. The standard InChI is InChI=1S/C13H17ClF3N3/c1-2-19-3-5-20(6-4-19)9-10-8-18-12(14)7-11(10)13(15,16)17/h7-8H,2-6,9H2,1H3. The minimum Gasteiger partial charge on any atom is -0.301 e. The molecule has 112 valence electrons. The molecule has 1 aromatic heterocycles. The van der Waals surface area contributed by atoms with Crippen LogP contribution in [0.15, 0.2) is 12.3 Å². The van der Waals surface area contributed by atoms with Gasteiger partial charge >= 0.3 is 6.18 Å². The monoisotopic (exact) mass is 307 g/mol. The van der Waals surface area contributed by atoms with E-state index in [0.29, 0.717) is 0 Å². The number of alkyl halides is 3. The second kappa shape index (κ2) is 6.28. The highest BCUT2D eigenvalue weighted by Crippen LogP contribution is 2.33. The van der Waals surface area contributed by atoms with Gasteiger partial charge < -0.3 is 4.90 Å². The second-order valence-electron chi connectivity index (χ2n) is 4.87. The summed E-state index contributed by atoms with van der Waals surface area (Å²) in [4.78, 5) is 8.08. The summed E-state index contributed by atoms with van der Waals surface area (Å²) in [5, 5.41) is -0.128. The fraction of sp³-hybridized carbons (Fsp3) is 0.615. The normalized spacial score (nSPS) is 18.4. The fourth-order valence-corrected chi connectivity index (χ4v) is 2.51. The molecule has 0 atom stereocenters. The molecule has 0 radical (unpaired) electrons. The number of nitrogens with zero attached hydrogens (tertiary/aromatic N) is 3. The smallest absolute Gasteiger partial charge is 0.301 e. The Kier molecular flexibility index (Phi) is 4.88. The van der Waals surface area contributed by atoms with Crippen LogP contribution < -0.4 is 0 Å². The number of hydrogen-bond donors (Lipinski definition) is 0. The highest BCUT2D eigenvalue weighted by atomic mass is 35.5. The van der Waals surface area contributed by atoms with E-state index in [0.717, 1.165) is 38.8 Å². The third-order valence-corrected chi connectivity index (χ3v) is 3.77. The van der Waals surface area contributed by atoms with Gasteiger partial charge in [0.1, 0.15) is 5.15 Å². The molecule has 1 fully saturated rings. The first-order valence-corrected chi connectivity index (χ1v) is 6.94. The Bertz CT molecular complexity index is 457. The predicted molar refractivity (Wildman–Crippen MR) is 71.6 cm³/mol. The molecule has 1 aliphatic rings. The van der Waals surface area contributed by atoms with Crippen molar-refractivity contribution in [1.29, 1.82) is 0 Å². The summed E-state index contributed by atoms with van der Waals surface area (Å²) in [7, 11) is 0. The maximum atomic E-state index is 13.0. The number of piperazine rings is 1. The average molecular weight is 308 g/mol. The van der Waals surface area contributed by atoms with Gasteiger partial charge in [0, 0.05) is 38.9 Å². The zero-order chi connectivity index (χ0) is 14.8. The molecule has 0 aromatic carbocycles. The van der Waals surface area contributed by atoms with Crippen molar-refractivity contribution in [1.82, 2.24) is 14.8 Å². The molecular formula is C13H17ClF3N3. The molecule has 2 heterocycles. The molecule has 3 nitrogen and oxygen atoms in total. The van der Waals surface area contributed by atoms with Gasteiger partial charge in [-0.1, -0.05) is 18.5 Å². The van der Waals surface area contributed by atoms with Crippen LogP contribution in [0.25, 0.3) is 0 Å². The quantitative estimate of drug-likeness (QED) is 0.801. The Labute approximate surface area is 121 Å². The molecule has 0 saturated carbocycles. The summed E-state index contributed by atoms with van der Waals surface area (Å²) in [5.41, 5.74) is -0.498. The lowest BCUT2D eigenvalue weighted by atomic mass is 10.1. The van der Waals surface area contributed by atoms with Crippen LogP contribution in [0.3, 0.4) is 0 Å². The average Bonchev–Trinajstić information content (AvgIpc) is 2.40. The zero-order valence-electron chi connectivity index (χ0n) is 11.3. The Morgan fingerprint density at radius 3 is 2.35 bits per heavy atom. The SMILES string of the molecule is CCN1CCN(Cc2cnc(Cl)cc2C(F)(F)F)CC1. The lowest BCUT2D eigenvalue weighted by molar-refractivity contribution is -0.138. The van der Waals surface area contributed by atoms with Crippen LogP contribution in [0.2, 0.25) is 5.15 Å². The lowest BCUT2D eigenvalue weighted by Gasteiger charge is -2.34. The molecule has 0 N–H and O–H groups in total. The van der Waals surface area contributed by atoms with Gasteiger partial charge in [0.25, 0.3) is 0 Å². The van der Waals surface area contributed by atoms with Gasteiger partial charge in [0.15, 0.2) is 0 Å². The third-order valence-electron chi connectivity index (χ3n) is 3.56. The first kappa shape index (κ1) is 15.5. The first-order chi connectivity index (χ1) is 9.40. The lowest BCUT2D eigenvalue weighted by Crippen LogP contribution is -2.45. The van der Waals surface area contributed by atoms with Crippen molar-refractivity contribution in [3.05, 3.63) is 28.5 Å². The van der Waals surface area contributed by atoms with Crippen molar-refractivity contribution in [2.45, 2.75) is 19.6 Å². The molecule has 1 aliphatic heterocycles. The number of pyridine rings is 1. The van der Waals surface area contributed by atoms with Gasteiger partial charge in [-0.15, -0.1) is 0 Å². The van der Waals surface area contributed by atoms with E-state index in [-0.39, 0.29) is 17.3 Å². The third kappa shape index (κ3) is 3.84. The molecule has 1 saturated heterocycles. The van der Waals surface area contributed by atoms with E-state index < -0.39 is 11.7 Å². The Hall–Kier alpha value is -0.850. The van der Waals surface area contributed by atoms with Crippen LogP contribution in [0.5, 0.6) is 0 Å². The number of rotatable bonds is 3. The van der Waals surface area contributed by atoms with Crippen molar-refractivity contribution in [2.75, 3.05) is 32.7 Å². The summed E-state index contributed by atoms with van der Waals surface area (Å²) in [5.74, 6) is 0. The minimum absolute atomic E-state index is 0.128. The van der Waals surface area contributed by atoms with E-state index in [9.17, 15) is 13.2 Å². The number of halogens is 4. The van der Waals surface area contributed by atoms with Gasteiger partial charge in [0.05, 0.1) is 5.56 Å². The maximum absolute atomic E-state index is 13.0. The molecule has 0 bridgehead atoms. The molecule has 0 unspecified atom stereocenters. The van der Waals surface area contributed by atoms with E-state index in [1.54, 1.807) is 0 Å². The van der Waals surface area contributed by atoms with E-state index in [1.165, 1.54) is 6.20 Å². The van der Waals surface area contributed by atoms with E-state index in [1.807, 2.05) is 4.90 Å². The summed E-state index contributed by atoms with van der Waals surface area (Å²) < 4.78 is 39.0. The van der Waals surface area contributed by atoms with Crippen LogP contribution in [0.1, 0.15) is 18.1 Å². The van der Waals surface area contributed by atoms with Crippen molar-refractivity contribution in [3.63, 3.8) is 0 Å². The zero-order valence-corrected chi connectivity index (χ0v) is 12.0. The van der Waals surface area contributed by atoms with Crippen molar-refractivity contribution in [3.8, 4) is 0 Å². The van der Waals surface area contributed by atoms with Crippen molar-refractivity contribution < 1.29 is 13.2 Å². The maximum Gasteiger partial charge on any atom is 0.416 e. The number of aromatic nitrogens is 1. The van der Waals surface area contributed by atoms with Crippen LogP contribution in [-0.2, 0) is 12.7 Å². The van der Waals surface area contributed by atoms with Crippen molar-refractivity contribution in [2.24, 2.45) is 0 Å². The van der Waals surface area contributed by atoms with Crippen LogP contribution in [0, 0.1) is 0 Å². The summed E-state index contributed by atoms with van der Waals surface area (Å²) >= 11 is 5.57. The molecule has 7 heteroatoms. The highest BCUT2D eigenvalue weighted by Gasteiger charge is 2.34. The largest absolute Gasteiger partial charge is 0.416 e. The van der Waals surface area contributed by atoms with Gasteiger partial charge in [-0.2, -0.15) is 13.2 Å². The molecular weight excluding hydrogens is 291 g/mol. The number of likely N-dealkylation sites (N-methyl/N-ethyl adjacent to an activating group) is 1. The topological polar surface area (TPSA) is 19.4 Å². The van der Waals surface area contributed by atoms with Crippen LogP contribution in [0.4, 0.5) is 13.2 Å². The molecule has 0 amide bonds. The molecule has 0 aliphatic carbocycles. The van der Waals surface area contributed by atoms with Gasteiger partial charge in [0.2, 0.25) is 0 Å². The molecule has 1 aromatic rings. The Morgan fingerprint density at radius 2 is 1.80 bits per heavy atom. The van der Waals surface area contributed by atoms with E-state index in [2.05, 4.69) is 16.8 Å². The van der Waals surface area contributed by atoms with Gasteiger partial charge in [-0.3, -0.25) is 4.90 Å². The Morgan fingerprint density at radius 1 is 1.20 bits per heavy atom. The molecule has 0 spiro atoms. The van der Waals surface area contributed by atoms with Gasteiger partial charge in [-0.25, -0.2) is 4.98 Å². The Balaban J connectivity index is 2.10. The van der Waals surface area contributed by atoms with E-state index in [4.69, 9.17) is 11.6 Å². The molecule has 20 heavy (non-hydrogen) atoms. The first-order valence-electron chi connectivity index (χ1n) is 6.56. The summed E-state index contributed by atoms with van der Waals surface area (Å²) in [6.07, 6.45) is -3.16. The predicted octanol–water partition coefficient (Wildman–Crippen LogP) is 2.89. The highest BCUT2D eigenvalue weighted by molar-refractivity contribution is 6.29. The minimum atomic E-state index is -4.40. The van der Waals surface area contributed by atoms with Crippen LogP contribution in [-0.4, -0.2) is 47.5 Å². The van der Waals surface area contributed by atoms with Gasteiger partial charge in [-0.05, 0) is 18.2 Å². The summed E-state index contributed by atoms with van der Waals surface area (Å²) in [6.45, 7) is 6.64. The van der Waals surface area contributed by atoms with Crippen molar-refractivity contribution >= 4 is 11.6 Å². The van der Waals surface area contributed by atoms with Crippen LogP contribution >= 0.6 is 11.6 Å². The summed E-state index contributed by atoms with van der Waals surface area (Å²) in [6, 6.07) is 0.902. The fourth-order valence-electron chi connectivity index (χ4n) is 2.35. The molecule has 2 rings (SSSR count). The number of hydrogen-bond acceptors (Lipinski definition) is 3. The van der Waals surface area contributed by atoms with E-state index >= 15 is 0 Å².